The topological polar surface area (TPSA) is 82.9 Å². The first-order valence-electron chi connectivity index (χ1n) is 10.6. The molecule has 2 aromatic carbocycles. The second kappa shape index (κ2) is 9.48. The molecule has 0 fully saturated rings. The van der Waals surface area contributed by atoms with Crippen LogP contribution in [0.2, 0.25) is 0 Å². The maximum atomic E-state index is 12.0. The molecule has 2 amide bonds. The molecule has 6 heteroatoms. The van der Waals surface area contributed by atoms with E-state index in [1.165, 1.54) is 11.1 Å². The summed E-state index contributed by atoms with van der Waals surface area (Å²) < 4.78 is 0. The van der Waals surface area contributed by atoms with Crippen LogP contribution in [0.1, 0.15) is 60.8 Å². The SMILES string of the molecule is O=C(CCCCC(=O)NN=C1CCc2ccccc21)NN=C1CCc2ccccc21. The predicted molar refractivity (Wildman–Crippen MR) is 117 cm³/mol. The molecule has 0 radical (unpaired) electrons. The van der Waals surface area contributed by atoms with Crippen LogP contribution < -0.4 is 10.9 Å². The second-order valence-electron chi connectivity index (χ2n) is 7.71. The highest BCUT2D eigenvalue weighted by atomic mass is 16.2. The molecule has 6 nitrogen and oxygen atoms in total. The molecular weight excluding hydrogens is 376 g/mol. The third kappa shape index (κ3) is 4.82. The van der Waals surface area contributed by atoms with Gasteiger partial charge < -0.3 is 0 Å². The fourth-order valence-electron chi connectivity index (χ4n) is 3.99. The van der Waals surface area contributed by atoms with Crippen molar-refractivity contribution in [3.05, 3.63) is 70.8 Å². The van der Waals surface area contributed by atoms with E-state index < -0.39 is 0 Å². The molecule has 0 heterocycles. The highest BCUT2D eigenvalue weighted by Crippen LogP contribution is 2.22. The Bertz CT molecular complexity index is 928. The van der Waals surface area contributed by atoms with Gasteiger partial charge in [-0.25, -0.2) is 10.9 Å². The zero-order valence-corrected chi connectivity index (χ0v) is 17.0. The molecule has 2 aliphatic carbocycles. The maximum absolute atomic E-state index is 12.0. The van der Waals surface area contributed by atoms with Crippen molar-refractivity contribution in [3.63, 3.8) is 0 Å². The van der Waals surface area contributed by atoms with E-state index in [2.05, 4.69) is 33.2 Å². The number of hydrogen-bond acceptors (Lipinski definition) is 4. The molecule has 0 saturated carbocycles. The van der Waals surface area contributed by atoms with Crippen molar-refractivity contribution in [2.45, 2.75) is 51.4 Å². The van der Waals surface area contributed by atoms with Crippen LogP contribution in [-0.2, 0) is 22.4 Å². The van der Waals surface area contributed by atoms with Crippen LogP contribution in [0.5, 0.6) is 0 Å². The van der Waals surface area contributed by atoms with E-state index in [1.807, 2.05) is 36.4 Å². The van der Waals surface area contributed by atoms with E-state index >= 15 is 0 Å². The van der Waals surface area contributed by atoms with Gasteiger partial charge in [-0.1, -0.05) is 48.5 Å². The zero-order chi connectivity index (χ0) is 20.8. The summed E-state index contributed by atoms with van der Waals surface area (Å²) in [6.07, 6.45) is 5.63. The first kappa shape index (κ1) is 20.0. The lowest BCUT2D eigenvalue weighted by molar-refractivity contribution is -0.123. The van der Waals surface area contributed by atoms with Gasteiger partial charge in [-0.15, -0.1) is 0 Å². The molecule has 0 spiro atoms. The molecular formula is C24H26N4O2. The number of fused-ring (bicyclic) bond motifs is 2. The van der Waals surface area contributed by atoms with Crippen LogP contribution >= 0.6 is 0 Å². The molecule has 0 aliphatic heterocycles. The molecule has 0 unspecified atom stereocenters. The van der Waals surface area contributed by atoms with Crippen LogP contribution in [0.25, 0.3) is 0 Å². The number of amides is 2. The molecule has 154 valence electrons. The number of carbonyl (C=O) groups is 2. The second-order valence-corrected chi connectivity index (χ2v) is 7.71. The number of nitrogens with one attached hydrogen (secondary N) is 2. The minimum Gasteiger partial charge on any atom is -0.273 e. The van der Waals surface area contributed by atoms with Gasteiger partial charge in [-0.3, -0.25) is 9.59 Å². The largest absolute Gasteiger partial charge is 0.273 e. The van der Waals surface area contributed by atoms with E-state index in [9.17, 15) is 9.59 Å². The Morgan fingerprint density at radius 1 is 0.667 bits per heavy atom. The Hall–Kier alpha value is -3.28. The molecule has 0 bridgehead atoms. The molecule has 2 N–H and O–H groups in total. The molecule has 4 rings (SSSR count). The van der Waals surface area contributed by atoms with Crippen molar-refractivity contribution in [2.24, 2.45) is 10.2 Å². The van der Waals surface area contributed by atoms with Crippen LogP contribution in [0.4, 0.5) is 0 Å². The van der Waals surface area contributed by atoms with Crippen LogP contribution in [0.15, 0.2) is 58.7 Å². The Morgan fingerprint density at radius 3 is 1.57 bits per heavy atom. The zero-order valence-electron chi connectivity index (χ0n) is 17.0. The lowest BCUT2D eigenvalue weighted by Crippen LogP contribution is -2.20. The lowest BCUT2D eigenvalue weighted by atomic mass is 10.1. The molecule has 0 saturated heterocycles. The summed E-state index contributed by atoms with van der Waals surface area (Å²) >= 11 is 0. The fraction of sp³-hybridized carbons (Fsp3) is 0.333. The highest BCUT2D eigenvalue weighted by molar-refractivity contribution is 6.05. The highest BCUT2D eigenvalue weighted by Gasteiger charge is 2.18. The van der Waals surface area contributed by atoms with E-state index in [-0.39, 0.29) is 11.8 Å². The van der Waals surface area contributed by atoms with Gasteiger partial charge in [0.15, 0.2) is 0 Å². The van der Waals surface area contributed by atoms with E-state index in [1.54, 1.807) is 0 Å². The number of benzene rings is 2. The van der Waals surface area contributed by atoms with Gasteiger partial charge in [-0.2, -0.15) is 10.2 Å². The average molecular weight is 402 g/mol. The number of unbranched alkanes of at least 4 members (excludes halogenated alkanes) is 1. The van der Waals surface area contributed by atoms with Gasteiger partial charge >= 0.3 is 0 Å². The minimum absolute atomic E-state index is 0.116. The summed E-state index contributed by atoms with van der Waals surface area (Å²) in [6.45, 7) is 0. The monoisotopic (exact) mass is 402 g/mol. The number of nitrogens with zero attached hydrogens (tertiary/aromatic N) is 2. The van der Waals surface area contributed by atoms with Gasteiger partial charge in [-0.05, 0) is 49.7 Å². The van der Waals surface area contributed by atoms with Crippen molar-refractivity contribution in [1.82, 2.24) is 10.9 Å². The smallest absolute Gasteiger partial charge is 0.240 e. The van der Waals surface area contributed by atoms with Crippen molar-refractivity contribution in [3.8, 4) is 0 Å². The quantitative estimate of drug-likeness (QED) is 0.549. The van der Waals surface area contributed by atoms with Gasteiger partial charge in [0.1, 0.15) is 0 Å². The summed E-state index contributed by atoms with van der Waals surface area (Å²) in [5.74, 6) is -0.231. The summed E-state index contributed by atoms with van der Waals surface area (Å²) in [7, 11) is 0. The Balaban J connectivity index is 1.15. The van der Waals surface area contributed by atoms with Gasteiger partial charge in [0.2, 0.25) is 11.8 Å². The van der Waals surface area contributed by atoms with E-state index in [0.717, 1.165) is 48.2 Å². The standard InChI is InChI=1S/C24H26N4O2/c29-23(27-25-21-15-13-17-7-1-3-9-19(17)21)11-5-6-12-24(30)28-26-22-16-14-18-8-2-4-10-20(18)22/h1-4,7-10H,5-6,11-16H2,(H,27,29)(H,28,30). The molecule has 2 aromatic rings. The number of hydrogen-bond donors (Lipinski definition) is 2. The number of carbonyl (C=O) groups excluding carboxylic acids is 2. The summed E-state index contributed by atoms with van der Waals surface area (Å²) in [6, 6.07) is 16.3. The third-order valence-electron chi connectivity index (χ3n) is 5.61. The van der Waals surface area contributed by atoms with Gasteiger partial charge in [0.05, 0.1) is 11.4 Å². The minimum atomic E-state index is -0.116. The lowest BCUT2D eigenvalue weighted by Gasteiger charge is -2.04. The first-order valence-corrected chi connectivity index (χ1v) is 10.6. The maximum Gasteiger partial charge on any atom is 0.240 e. The summed E-state index contributed by atoms with van der Waals surface area (Å²) in [5, 5.41) is 8.58. The number of hydrazone groups is 2. The van der Waals surface area contributed by atoms with E-state index in [4.69, 9.17) is 0 Å². The Kier molecular flexibility index (Phi) is 6.32. The van der Waals surface area contributed by atoms with E-state index in [0.29, 0.717) is 25.7 Å². The van der Waals surface area contributed by atoms with Crippen LogP contribution in [-0.4, -0.2) is 23.2 Å². The summed E-state index contributed by atoms with van der Waals surface area (Å²) in [5.41, 5.74) is 12.0. The van der Waals surface area contributed by atoms with Gasteiger partial charge in [0.25, 0.3) is 0 Å². The normalized spacial score (nSPS) is 17.1. The molecule has 2 aliphatic rings. The van der Waals surface area contributed by atoms with Crippen molar-refractivity contribution in [1.29, 1.82) is 0 Å². The van der Waals surface area contributed by atoms with Crippen molar-refractivity contribution >= 4 is 23.2 Å². The van der Waals surface area contributed by atoms with Gasteiger partial charge in [0, 0.05) is 24.0 Å². The third-order valence-corrected chi connectivity index (χ3v) is 5.61. The fourth-order valence-corrected chi connectivity index (χ4v) is 3.99. The molecule has 0 atom stereocenters. The molecule has 0 aromatic heterocycles. The molecule has 30 heavy (non-hydrogen) atoms. The Labute approximate surface area is 176 Å². The van der Waals surface area contributed by atoms with Crippen LogP contribution in [0, 0.1) is 0 Å². The Morgan fingerprint density at radius 2 is 1.10 bits per heavy atom. The predicted octanol–water partition coefficient (Wildman–Crippen LogP) is 3.48. The average Bonchev–Trinajstić information content (AvgIpc) is 3.38. The number of rotatable bonds is 7. The first-order chi connectivity index (χ1) is 14.7. The van der Waals surface area contributed by atoms with Crippen LogP contribution in [0.3, 0.4) is 0 Å². The number of aryl methyl sites for hydroxylation is 2. The summed E-state index contributed by atoms with van der Waals surface area (Å²) in [4.78, 5) is 24.1. The van der Waals surface area contributed by atoms with Crippen molar-refractivity contribution in [2.75, 3.05) is 0 Å². The van der Waals surface area contributed by atoms with Crippen molar-refractivity contribution < 1.29 is 9.59 Å².